The highest BCUT2D eigenvalue weighted by Gasteiger charge is 2.60. The van der Waals surface area contributed by atoms with Gasteiger partial charge in [0.25, 0.3) is 0 Å². The topological polar surface area (TPSA) is 58.6 Å². The van der Waals surface area contributed by atoms with Gasteiger partial charge in [-0.1, -0.05) is 25.5 Å². The van der Waals surface area contributed by atoms with Crippen LogP contribution in [0, 0.1) is 17.3 Å². The molecule has 0 unspecified atom stereocenters. The monoisotopic (exact) mass is 324 g/mol. The molecule has 132 valence electrons. The number of ether oxygens (including phenoxy) is 1. The van der Waals surface area contributed by atoms with Crippen molar-refractivity contribution in [3.8, 4) is 0 Å². The van der Waals surface area contributed by atoms with Crippen LogP contribution in [-0.2, 0) is 9.53 Å². The van der Waals surface area contributed by atoms with Crippen molar-refractivity contribution in [2.45, 2.75) is 54.1 Å². The number of carbonyl (C=O) groups excluding carboxylic acids is 2. The number of amides is 2. The molecule has 1 N–H and O–H groups in total. The molecule has 0 aromatic rings. The minimum atomic E-state index is -0.510. The molecule has 0 aromatic carbocycles. The van der Waals surface area contributed by atoms with Gasteiger partial charge >= 0.3 is 6.09 Å². The van der Waals surface area contributed by atoms with Crippen LogP contribution in [0.5, 0.6) is 0 Å². The Morgan fingerprint density at radius 3 is 2.30 bits per heavy atom. The SMILES string of the molecule is CC(C)=C[C@H]1[C@H](C(=O)NCCN(C)C(=O)OC(C)(C)C)C1(C)C. The highest BCUT2D eigenvalue weighted by molar-refractivity contribution is 5.83. The zero-order valence-electron chi connectivity index (χ0n) is 15.8. The Morgan fingerprint density at radius 1 is 1.26 bits per heavy atom. The first-order valence-electron chi connectivity index (χ1n) is 8.23. The van der Waals surface area contributed by atoms with Crippen LogP contribution < -0.4 is 5.32 Å². The maximum absolute atomic E-state index is 12.3. The van der Waals surface area contributed by atoms with Gasteiger partial charge in [-0.15, -0.1) is 0 Å². The number of hydrogen-bond acceptors (Lipinski definition) is 3. The van der Waals surface area contributed by atoms with Gasteiger partial charge < -0.3 is 15.0 Å². The molecule has 1 aliphatic carbocycles. The van der Waals surface area contributed by atoms with Crippen molar-refractivity contribution in [3.05, 3.63) is 11.6 Å². The average molecular weight is 324 g/mol. The molecule has 0 heterocycles. The van der Waals surface area contributed by atoms with Crippen molar-refractivity contribution >= 4 is 12.0 Å². The molecule has 1 fully saturated rings. The molecule has 2 atom stereocenters. The Labute approximate surface area is 140 Å². The van der Waals surface area contributed by atoms with Gasteiger partial charge in [0.2, 0.25) is 5.91 Å². The van der Waals surface area contributed by atoms with Gasteiger partial charge in [0.1, 0.15) is 5.60 Å². The Hall–Kier alpha value is -1.52. The zero-order chi connectivity index (χ0) is 18.0. The Morgan fingerprint density at radius 2 is 1.83 bits per heavy atom. The predicted octanol–water partition coefficient (Wildman–Crippen LogP) is 3.21. The molecule has 2 amide bonds. The summed E-state index contributed by atoms with van der Waals surface area (Å²) in [5.41, 5.74) is 0.742. The van der Waals surface area contributed by atoms with Crippen molar-refractivity contribution in [3.63, 3.8) is 0 Å². The van der Waals surface area contributed by atoms with Gasteiger partial charge in [0, 0.05) is 20.1 Å². The Bertz CT molecular complexity index is 485. The third-order valence-electron chi connectivity index (χ3n) is 4.16. The van der Waals surface area contributed by atoms with E-state index in [4.69, 9.17) is 4.74 Å². The van der Waals surface area contributed by atoms with Crippen LogP contribution in [0.25, 0.3) is 0 Å². The second-order valence-electron chi connectivity index (χ2n) is 8.26. The van der Waals surface area contributed by atoms with E-state index in [-0.39, 0.29) is 23.3 Å². The lowest BCUT2D eigenvalue weighted by molar-refractivity contribution is -0.123. The average Bonchev–Trinajstić information content (AvgIpc) is 2.87. The number of nitrogens with zero attached hydrogens (tertiary/aromatic N) is 1. The van der Waals surface area contributed by atoms with E-state index in [1.165, 1.54) is 10.5 Å². The van der Waals surface area contributed by atoms with E-state index in [2.05, 4.69) is 39.1 Å². The molecule has 1 aliphatic rings. The molecule has 0 radical (unpaired) electrons. The van der Waals surface area contributed by atoms with Crippen molar-refractivity contribution in [2.75, 3.05) is 20.1 Å². The van der Waals surface area contributed by atoms with Crippen LogP contribution in [0.1, 0.15) is 48.5 Å². The fourth-order valence-corrected chi connectivity index (χ4v) is 2.74. The Kier molecular flexibility index (Phi) is 5.89. The second-order valence-corrected chi connectivity index (χ2v) is 8.26. The summed E-state index contributed by atoms with van der Waals surface area (Å²) in [6.07, 6.45) is 1.80. The van der Waals surface area contributed by atoms with Crippen LogP contribution in [0.3, 0.4) is 0 Å². The number of rotatable bonds is 5. The first-order chi connectivity index (χ1) is 10.4. The number of nitrogens with one attached hydrogen (secondary N) is 1. The van der Waals surface area contributed by atoms with Crippen LogP contribution in [-0.4, -0.2) is 42.6 Å². The second kappa shape index (κ2) is 6.93. The highest BCUT2D eigenvalue weighted by Crippen LogP contribution is 2.59. The molecule has 23 heavy (non-hydrogen) atoms. The number of carbonyl (C=O) groups is 2. The minimum absolute atomic E-state index is 0.0123. The lowest BCUT2D eigenvalue weighted by atomic mass is 10.1. The van der Waals surface area contributed by atoms with Gasteiger partial charge in [0.15, 0.2) is 0 Å². The summed E-state index contributed by atoms with van der Waals surface area (Å²) in [6, 6.07) is 0. The number of hydrogen-bond donors (Lipinski definition) is 1. The summed E-state index contributed by atoms with van der Waals surface area (Å²) in [4.78, 5) is 25.6. The van der Waals surface area contributed by atoms with Crippen LogP contribution >= 0.6 is 0 Å². The minimum Gasteiger partial charge on any atom is -0.444 e. The van der Waals surface area contributed by atoms with Gasteiger partial charge in [-0.3, -0.25) is 4.79 Å². The van der Waals surface area contributed by atoms with Gasteiger partial charge in [0.05, 0.1) is 5.92 Å². The molecule has 0 aromatic heterocycles. The summed E-state index contributed by atoms with van der Waals surface area (Å²) in [5, 5.41) is 2.93. The zero-order valence-corrected chi connectivity index (χ0v) is 15.8. The van der Waals surface area contributed by atoms with E-state index in [0.29, 0.717) is 19.0 Å². The fraction of sp³-hybridized carbons (Fsp3) is 0.778. The number of allylic oxidation sites excluding steroid dienone is 2. The van der Waals surface area contributed by atoms with Crippen LogP contribution in [0.4, 0.5) is 4.79 Å². The molecular weight excluding hydrogens is 292 g/mol. The van der Waals surface area contributed by atoms with E-state index in [1.54, 1.807) is 7.05 Å². The summed E-state index contributed by atoms with van der Waals surface area (Å²) in [6.45, 7) is 14.7. The molecule has 5 heteroatoms. The van der Waals surface area contributed by atoms with Crippen molar-refractivity contribution < 1.29 is 14.3 Å². The molecule has 0 bridgehead atoms. The first-order valence-corrected chi connectivity index (χ1v) is 8.23. The summed E-state index contributed by atoms with van der Waals surface area (Å²) in [7, 11) is 1.67. The molecule has 0 spiro atoms. The van der Waals surface area contributed by atoms with Gasteiger partial charge in [-0.05, 0) is 46.0 Å². The fourth-order valence-electron chi connectivity index (χ4n) is 2.74. The molecule has 5 nitrogen and oxygen atoms in total. The highest BCUT2D eigenvalue weighted by atomic mass is 16.6. The van der Waals surface area contributed by atoms with E-state index >= 15 is 0 Å². The lowest BCUT2D eigenvalue weighted by Crippen LogP contribution is -2.39. The molecule has 1 rings (SSSR count). The van der Waals surface area contributed by atoms with Gasteiger partial charge in [-0.25, -0.2) is 4.79 Å². The standard InChI is InChI=1S/C18H32N2O3/c1-12(2)11-13-14(18(13,6)7)15(21)19-9-10-20(8)16(22)23-17(3,4)5/h11,13-14H,9-10H2,1-8H3,(H,19,21)/t13-,14+/m0/s1. The summed E-state index contributed by atoms with van der Waals surface area (Å²) >= 11 is 0. The van der Waals surface area contributed by atoms with E-state index < -0.39 is 5.60 Å². The number of likely N-dealkylation sites (N-methyl/N-ethyl adjacent to an activating group) is 1. The third-order valence-corrected chi connectivity index (χ3v) is 4.16. The third kappa shape index (κ3) is 5.56. The smallest absolute Gasteiger partial charge is 0.410 e. The van der Waals surface area contributed by atoms with Gasteiger partial charge in [-0.2, -0.15) is 0 Å². The van der Waals surface area contributed by atoms with Crippen molar-refractivity contribution in [1.82, 2.24) is 10.2 Å². The summed E-state index contributed by atoms with van der Waals surface area (Å²) < 4.78 is 5.28. The predicted molar refractivity (Wildman–Crippen MR) is 92.1 cm³/mol. The molecule has 0 aliphatic heterocycles. The largest absolute Gasteiger partial charge is 0.444 e. The molecule has 0 saturated heterocycles. The summed E-state index contributed by atoms with van der Waals surface area (Å²) in [5.74, 6) is 0.385. The first kappa shape index (κ1) is 19.5. The molecule has 1 saturated carbocycles. The van der Waals surface area contributed by atoms with Crippen LogP contribution in [0.15, 0.2) is 11.6 Å². The lowest BCUT2D eigenvalue weighted by Gasteiger charge is -2.24. The van der Waals surface area contributed by atoms with E-state index in [9.17, 15) is 9.59 Å². The van der Waals surface area contributed by atoms with E-state index in [1.807, 2.05) is 20.8 Å². The normalized spacial score (nSPS) is 22.1. The van der Waals surface area contributed by atoms with E-state index in [0.717, 1.165) is 0 Å². The van der Waals surface area contributed by atoms with Crippen LogP contribution in [0.2, 0.25) is 0 Å². The van der Waals surface area contributed by atoms with Crippen molar-refractivity contribution in [1.29, 1.82) is 0 Å². The quantitative estimate of drug-likeness (QED) is 0.790. The Balaban J connectivity index is 2.41. The van der Waals surface area contributed by atoms with Crippen molar-refractivity contribution in [2.24, 2.45) is 17.3 Å². The molecular formula is C18H32N2O3. The maximum Gasteiger partial charge on any atom is 0.410 e. The maximum atomic E-state index is 12.3.